The summed E-state index contributed by atoms with van der Waals surface area (Å²) in [6.45, 7) is -0.955. The van der Waals surface area contributed by atoms with Gasteiger partial charge in [-0.1, -0.05) is 24.3 Å². The van der Waals surface area contributed by atoms with Crippen molar-refractivity contribution in [1.29, 1.82) is 0 Å². The van der Waals surface area contributed by atoms with E-state index in [1.54, 1.807) is 19.2 Å². The van der Waals surface area contributed by atoms with Gasteiger partial charge >= 0.3 is 6.61 Å². The second kappa shape index (κ2) is 9.03. The maximum atomic E-state index is 12.5. The van der Waals surface area contributed by atoms with E-state index in [0.29, 0.717) is 11.3 Å². The number of benzene rings is 2. The minimum Gasteiger partial charge on any atom is -0.493 e. The van der Waals surface area contributed by atoms with Gasteiger partial charge in [0.05, 0.1) is 7.11 Å². The third-order valence-electron chi connectivity index (χ3n) is 3.73. The lowest BCUT2D eigenvalue weighted by Gasteiger charge is -2.19. The molecule has 0 bridgehead atoms. The molecule has 0 saturated heterocycles. The normalized spacial score (nSPS) is 10.5. The third-order valence-corrected chi connectivity index (χ3v) is 3.73. The zero-order valence-corrected chi connectivity index (χ0v) is 14.9. The van der Waals surface area contributed by atoms with E-state index in [0.717, 1.165) is 5.56 Å². The van der Waals surface area contributed by atoms with Gasteiger partial charge in [-0.15, -0.1) is 0 Å². The molecule has 2 rings (SSSR count). The molecule has 0 aliphatic rings. The number of carbonyl (C=O) groups is 1. The van der Waals surface area contributed by atoms with Crippen molar-refractivity contribution in [2.75, 3.05) is 20.8 Å². The molecule has 0 aliphatic heterocycles. The lowest BCUT2D eigenvalue weighted by molar-refractivity contribution is -0.132. The number of hydrogen-bond donors (Lipinski definition) is 0. The Morgan fingerprint density at radius 2 is 1.85 bits per heavy atom. The number of carbonyl (C=O) groups excluding carboxylic acids is 1. The van der Waals surface area contributed by atoms with Crippen molar-refractivity contribution < 1.29 is 27.8 Å². The van der Waals surface area contributed by atoms with Gasteiger partial charge < -0.3 is 19.1 Å². The van der Waals surface area contributed by atoms with E-state index in [2.05, 4.69) is 4.74 Å². The predicted octanol–water partition coefficient (Wildman–Crippen LogP) is 3.64. The summed E-state index contributed by atoms with van der Waals surface area (Å²) in [5.41, 5.74) is 1.57. The number of aryl methyl sites for hydroxylation is 1. The molecule has 0 heterocycles. The van der Waals surface area contributed by atoms with Gasteiger partial charge in [-0.05, 0) is 36.2 Å². The first-order valence-electron chi connectivity index (χ1n) is 7.95. The Hall–Kier alpha value is -2.83. The maximum absolute atomic E-state index is 12.5. The van der Waals surface area contributed by atoms with Crippen LogP contribution in [0.1, 0.15) is 11.1 Å². The molecule has 0 atom stereocenters. The second-order valence-corrected chi connectivity index (χ2v) is 5.67. The Balaban J connectivity index is 1.98. The second-order valence-electron chi connectivity index (χ2n) is 5.67. The van der Waals surface area contributed by atoms with Gasteiger partial charge in [0.2, 0.25) is 0 Å². The molecule has 7 heteroatoms. The molecule has 1 amide bonds. The standard InChI is InChI=1S/C19H21F2NO4/c1-13-6-4-5-7-15(13)25-12-18(23)22(2)11-14-8-9-16(24-3)17(10-14)26-19(20)21/h4-10,19H,11-12H2,1-3H3. The van der Waals surface area contributed by atoms with Crippen LogP contribution >= 0.6 is 0 Å². The SMILES string of the molecule is COc1ccc(CN(C)C(=O)COc2ccccc2C)cc1OC(F)F. The van der Waals surface area contributed by atoms with Gasteiger partial charge in [-0.2, -0.15) is 8.78 Å². The van der Waals surface area contributed by atoms with Gasteiger partial charge in [0.1, 0.15) is 5.75 Å². The minimum atomic E-state index is -2.96. The van der Waals surface area contributed by atoms with E-state index in [-0.39, 0.29) is 30.6 Å². The summed E-state index contributed by atoms with van der Waals surface area (Å²) in [5.74, 6) is 0.537. The summed E-state index contributed by atoms with van der Waals surface area (Å²) in [7, 11) is 2.98. The highest BCUT2D eigenvalue weighted by molar-refractivity contribution is 5.77. The Kier molecular flexibility index (Phi) is 6.77. The molecule has 2 aromatic carbocycles. The van der Waals surface area contributed by atoms with Crippen molar-refractivity contribution in [1.82, 2.24) is 4.90 Å². The Bertz CT molecular complexity index is 752. The number of halogens is 2. The lowest BCUT2D eigenvalue weighted by Crippen LogP contribution is -2.31. The summed E-state index contributed by atoms with van der Waals surface area (Å²) in [4.78, 5) is 13.7. The van der Waals surface area contributed by atoms with Crippen LogP contribution in [0.5, 0.6) is 17.2 Å². The topological polar surface area (TPSA) is 48.0 Å². The molecule has 5 nitrogen and oxygen atoms in total. The quantitative estimate of drug-likeness (QED) is 0.717. The first kappa shape index (κ1) is 19.5. The summed E-state index contributed by atoms with van der Waals surface area (Å²) in [5, 5.41) is 0. The number of ether oxygens (including phenoxy) is 3. The Morgan fingerprint density at radius 3 is 2.50 bits per heavy atom. The van der Waals surface area contributed by atoms with Crippen molar-refractivity contribution in [3.8, 4) is 17.2 Å². The van der Waals surface area contributed by atoms with Crippen molar-refractivity contribution in [3.05, 3.63) is 53.6 Å². The molecule has 2 aromatic rings. The van der Waals surface area contributed by atoms with E-state index in [9.17, 15) is 13.6 Å². The first-order chi connectivity index (χ1) is 12.4. The van der Waals surface area contributed by atoms with Crippen LogP contribution in [-0.2, 0) is 11.3 Å². The number of rotatable bonds is 8. The molecule has 0 fully saturated rings. The summed E-state index contributed by atoms with van der Waals surface area (Å²) >= 11 is 0. The van der Waals surface area contributed by atoms with Crippen LogP contribution in [0.3, 0.4) is 0 Å². The van der Waals surface area contributed by atoms with Crippen LogP contribution in [0.25, 0.3) is 0 Å². The molecule has 0 radical (unpaired) electrons. The highest BCUT2D eigenvalue weighted by Gasteiger charge is 2.15. The van der Waals surface area contributed by atoms with Crippen LogP contribution in [0.2, 0.25) is 0 Å². The molecule has 140 valence electrons. The van der Waals surface area contributed by atoms with Gasteiger partial charge in [-0.25, -0.2) is 0 Å². The highest BCUT2D eigenvalue weighted by Crippen LogP contribution is 2.29. The van der Waals surface area contributed by atoms with Crippen LogP contribution in [0.15, 0.2) is 42.5 Å². The molecule has 0 saturated carbocycles. The fourth-order valence-electron chi connectivity index (χ4n) is 2.34. The molecule has 0 unspecified atom stereocenters. The van der Waals surface area contributed by atoms with Crippen LogP contribution in [0.4, 0.5) is 8.78 Å². The molecule has 26 heavy (non-hydrogen) atoms. The van der Waals surface area contributed by atoms with Crippen LogP contribution < -0.4 is 14.2 Å². The largest absolute Gasteiger partial charge is 0.493 e. The number of hydrogen-bond acceptors (Lipinski definition) is 4. The van der Waals surface area contributed by atoms with E-state index < -0.39 is 6.61 Å². The Labute approximate surface area is 151 Å². The molecule has 0 N–H and O–H groups in total. The minimum absolute atomic E-state index is 0.0722. The fraction of sp³-hybridized carbons (Fsp3) is 0.316. The number of likely N-dealkylation sites (N-methyl/N-ethyl adjacent to an activating group) is 1. The first-order valence-corrected chi connectivity index (χ1v) is 7.95. The number of amides is 1. The molecule has 0 spiro atoms. The average molecular weight is 365 g/mol. The monoisotopic (exact) mass is 365 g/mol. The lowest BCUT2D eigenvalue weighted by atomic mass is 10.2. The van der Waals surface area contributed by atoms with Gasteiger partial charge in [-0.3, -0.25) is 4.79 Å². The van der Waals surface area contributed by atoms with Crippen molar-refractivity contribution >= 4 is 5.91 Å². The zero-order valence-electron chi connectivity index (χ0n) is 14.9. The average Bonchev–Trinajstić information content (AvgIpc) is 2.60. The fourth-order valence-corrected chi connectivity index (χ4v) is 2.34. The maximum Gasteiger partial charge on any atom is 0.387 e. The van der Waals surface area contributed by atoms with Crippen LogP contribution in [-0.4, -0.2) is 38.2 Å². The molecular weight excluding hydrogens is 344 g/mol. The summed E-state index contributed by atoms with van der Waals surface area (Å²) in [6, 6.07) is 12.0. The predicted molar refractivity (Wildman–Crippen MR) is 92.8 cm³/mol. The smallest absolute Gasteiger partial charge is 0.387 e. The van der Waals surface area contributed by atoms with Crippen molar-refractivity contribution in [2.45, 2.75) is 20.1 Å². The van der Waals surface area contributed by atoms with Crippen LogP contribution in [0, 0.1) is 6.92 Å². The molecule has 0 aromatic heterocycles. The third kappa shape index (κ3) is 5.34. The number of nitrogens with zero attached hydrogens (tertiary/aromatic N) is 1. The van der Waals surface area contributed by atoms with Gasteiger partial charge in [0.15, 0.2) is 18.1 Å². The van der Waals surface area contributed by atoms with Crippen molar-refractivity contribution in [2.24, 2.45) is 0 Å². The Morgan fingerprint density at radius 1 is 1.12 bits per heavy atom. The number of alkyl halides is 2. The number of para-hydroxylation sites is 1. The van der Waals surface area contributed by atoms with E-state index in [1.165, 1.54) is 24.1 Å². The zero-order chi connectivity index (χ0) is 19.1. The van der Waals surface area contributed by atoms with Gasteiger partial charge in [0, 0.05) is 13.6 Å². The number of methoxy groups -OCH3 is 1. The van der Waals surface area contributed by atoms with Gasteiger partial charge in [0.25, 0.3) is 5.91 Å². The summed E-state index contributed by atoms with van der Waals surface area (Å²) < 4.78 is 40.0. The van der Waals surface area contributed by atoms with Crippen molar-refractivity contribution in [3.63, 3.8) is 0 Å². The van der Waals surface area contributed by atoms with E-state index in [1.807, 2.05) is 25.1 Å². The summed E-state index contributed by atoms with van der Waals surface area (Å²) in [6.07, 6.45) is 0. The van der Waals surface area contributed by atoms with E-state index in [4.69, 9.17) is 9.47 Å². The highest BCUT2D eigenvalue weighted by atomic mass is 19.3. The molecular formula is C19H21F2NO4. The van der Waals surface area contributed by atoms with E-state index >= 15 is 0 Å². The molecule has 0 aliphatic carbocycles.